The molecule has 1 heterocycles. The summed E-state index contributed by atoms with van der Waals surface area (Å²) in [5.41, 5.74) is 0.571. The zero-order valence-corrected chi connectivity index (χ0v) is 11.7. The molecule has 0 spiro atoms. The second-order valence-electron chi connectivity index (χ2n) is 3.94. The molecule has 5 nitrogen and oxygen atoms in total. The first kappa shape index (κ1) is 13.6. The average molecular weight is 277 g/mol. The summed E-state index contributed by atoms with van der Waals surface area (Å²) in [7, 11) is 1.93. The van der Waals surface area contributed by atoms with Gasteiger partial charge < -0.3 is 9.30 Å². The summed E-state index contributed by atoms with van der Waals surface area (Å²) in [6, 6.07) is 7.19. The molecule has 0 saturated heterocycles. The number of rotatable bonds is 6. The highest BCUT2D eigenvalue weighted by Gasteiger charge is 2.06. The van der Waals surface area contributed by atoms with Gasteiger partial charge in [0.2, 0.25) is 0 Å². The molecule has 100 valence electrons. The Hall–Kier alpha value is -1.82. The van der Waals surface area contributed by atoms with Gasteiger partial charge in [0.15, 0.2) is 11.4 Å². The maximum atomic E-state index is 10.8. The van der Waals surface area contributed by atoms with Crippen molar-refractivity contribution in [3.05, 3.63) is 35.7 Å². The van der Waals surface area contributed by atoms with Crippen molar-refractivity contribution in [1.29, 1.82) is 0 Å². The zero-order valence-electron chi connectivity index (χ0n) is 10.9. The van der Waals surface area contributed by atoms with Crippen LogP contribution in [0.3, 0.4) is 0 Å². The lowest BCUT2D eigenvalue weighted by molar-refractivity contribution is 0.112. The van der Waals surface area contributed by atoms with Crippen molar-refractivity contribution < 1.29 is 9.53 Å². The molecular weight excluding hydrogens is 262 g/mol. The number of aromatic nitrogens is 3. The van der Waals surface area contributed by atoms with Crippen molar-refractivity contribution in [2.24, 2.45) is 7.05 Å². The number of benzene rings is 1. The van der Waals surface area contributed by atoms with Gasteiger partial charge in [-0.3, -0.25) is 4.79 Å². The van der Waals surface area contributed by atoms with Crippen molar-refractivity contribution in [2.45, 2.75) is 12.1 Å². The average Bonchev–Trinajstić information content (AvgIpc) is 2.76. The highest BCUT2D eigenvalue weighted by atomic mass is 32.2. The fourth-order valence-corrected chi connectivity index (χ4v) is 2.28. The van der Waals surface area contributed by atoms with E-state index in [4.69, 9.17) is 4.74 Å². The van der Waals surface area contributed by atoms with E-state index in [1.165, 1.54) is 0 Å². The number of hydrogen-bond donors (Lipinski definition) is 0. The van der Waals surface area contributed by atoms with Crippen LogP contribution in [0.4, 0.5) is 0 Å². The van der Waals surface area contributed by atoms with E-state index in [-0.39, 0.29) is 0 Å². The second-order valence-corrected chi connectivity index (χ2v) is 5.00. The minimum Gasteiger partial charge on any atom is -0.492 e. The van der Waals surface area contributed by atoms with Crippen molar-refractivity contribution in [2.75, 3.05) is 12.4 Å². The number of thioether (sulfide) groups is 1. The summed E-state index contributed by atoms with van der Waals surface area (Å²) < 4.78 is 7.52. The monoisotopic (exact) mass is 277 g/mol. The van der Waals surface area contributed by atoms with Crippen LogP contribution in [0.1, 0.15) is 16.2 Å². The Bertz CT molecular complexity index is 569. The smallest absolute Gasteiger partial charge is 0.191 e. The van der Waals surface area contributed by atoms with Gasteiger partial charge in [-0.2, -0.15) is 0 Å². The maximum Gasteiger partial charge on any atom is 0.191 e. The predicted molar refractivity (Wildman–Crippen MR) is 73.8 cm³/mol. The molecule has 0 aliphatic carbocycles. The maximum absolute atomic E-state index is 10.8. The lowest BCUT2D eigenvalue weighted by atomic mass is 10.2. The number of para-hydroxylation sites is 1. The Morgan fingerprint density at radius 3 is 2.84 bits per heavy atom. The predicted octanol–water partition coefficient (Wildman–Crippen LogP) is 2.11. The molecule has 2 rings (SSSR count). The minimum atomic E-state index is 0.515. The molecule has 0 amide bonds. The van der Waals surface area contributed by atoms with Gasteiger partial charge in [0, 0.05) is 12.8 Å². The number of aldehydes is 1. The van der Waals surface area contributed by atoms with E-state index >= 15 is 0 Å². The van der Waals surface area contributed by atoms with Gasteiger partial charge in [0.05, 0.1) is 12.2 Å². The molecule has 1 aromatic carbocycles. The lowest BCUT2D eigenvalue weighted by Gasteiger charge is -2.07. The summed E-state index contributed by atoms with van der Waals surface area (Å²) in [4.78, 5) is 10.8. The van der Waals surface area contributed by atoms with Crippen LogP contribution in [0, 0.1) is 6.92 Å². The first-order valence-corrected chi connectivity index (χ1v) is 6.86. The second kappa shape index (κ2) is 6.38. The third kappa shape index (κ3) is 3.35. The molecule has 0 N–H and O–H groups in total. The SMILES string of the molecule is Cc1nnc(SCCOc2ccccc2C=O)n1C. The largest absolute Gasteiger partial charge is 0.492 e. The zero-order chi connectivity index (χ0) is 13.7. The number of carbonyl (C=O) groups is 1. The van der Waals surface area contributed by atoms with Gasteiger partial charge in [0.25, 0.3) is 0 Å². The van der Waals surface area contributed by atoms with Crippen LogP contribution < -0.4 is 4.74 Å². The Kier molecular flexibility index (Phi) is 4.57. The van der Waals surface area contributed by atoms with Gasteiger partial charge in [-0.25, -0.2) is 0 Å². The number of ether oxygens (including phenoxy) is 1. The third-order valence-electron chi connectivity index (χ3n) is 2.67. The molecule has 0 atom stereocenters. The molecule has 0 aliphatic rings. The highest BCUT2D eigenvalue weighted by molar-refractivity contribution is 7.99. The summed E-state index contributed by atoms with van der Waals surface area (Å²) in [6.07, 6.45) is 0.800. The van der Waals surface area contributed by atoms with Gasteiger partial charge in [0.1, 0.15) is 11.6 Å². The lowest BCUT2D eigenvalue weighted by Crippen LogP contribution is -2.03. The molecule has 0 saturated carbocycles. The van der Waals surface area contributed by atoms with Gasteiger partial charge in [-0.1, -0.05) is 23.9 Å². The molecule has 0 aliphatic heterocycles. The van der Waals surface area contributed by atoms with Gasteiger partial charge in [-0.15, -0.1) is 10.2 Å². The summed E-state index contributed by atoms with van der Waals surface area (Å²) in [6.45, 7) is 2.43. The van der Waals surface area contributed by atoms with Crippen LogP contribution in [0.5, 0.6) is 5.75 Å². The number of nitrogens with zero attached hydrogens (tertiary/aromatic N) is 3. The van der Waals surface area contributed by atoms with Crippen LogP contribution in [0.2, 0.25) is 0 Å². The van der Waals surface area contributed by atoms with Crippen molar-refractivity contribution >= 4 is 18.0 Å². The molecule has 6 heteroatoms. The van der Waals surface area contributed by atoms with Crippen molar-refractivity contribution in [3.8, 4) is 5.75 Å². The Morgan fingerprint density at radius 2 is 2.16 bits per heavy atom. The van der Waals surface area contributed by atoms with E-state index in [2.05, 4.69) is 10.2 Å². The summed E-state index contributed by atoms with van der Waals surface area (Å²) in [5, 5.41) is 8.91. The van der Waals surface area contributed by atoms with E-state index in [1.54, 1.807) is 23.9 Å². The van der Waals surface area contributed by atoms with E-state index in [9.17, 15) is 4.79 Å². The highest BCUT2D eigenvalue weighted by Crippen LogP contribution is 2.18. The first-order chi connectivity index (χ1) is 9.22. The third-order valence-corrected chi connectivity index (χ3v) is 3.66. The van der Waals surface area contributed by atoms with Crippen LogP contribution in [0.15, 0.2) is 29.4 Å². The van der Waals surface area contributed by atoms with Crippen molar-refractivity contribution in [3.63, 3.8) is 0 Å². The number of hydrogen-bond acceptors (Lipinski definition) is 5. The van der Waals surface area contributed by atoms with E-state index in [0.717, 1.165) is 23.0 Å². The van der Waals surface area contributed by atoms with E-state index in [1.807, 2.05) is 30.7 Å². The van der Waals surface area contributed by atoms with Crippen LogP contribution >= 0.6 is 11.8 Å². The fraction of sp³-hybridized carbons (Fsp3) is 0.308. The Balaban J connectivity index is 1.84. The van der Waals surface area contributed by atoms with Gasteiger partial charge >= 0.3 is 0 Å². The molecule has 19 heavy (non-hydrogen) atoms. The fourth-order valence-electron chi connectivity index (χ4n) is 1.51. The standard InChI is InChI=1S/C13H15N3O2S/c1-10-14-15-13(16(10)2)19-8-7-18-12-6-4-3-5-11(12)9-17/h3-6,9H,7-8H2,1-2H3. The minimum absolute atomic E-state index is 0.515. The molecule has 0 bridgehead atoms. The van der Waals surface area contributed by atoms with E-state index < -0.39 is 0 Å². The van der Waals surface area contributed by atoms with E-state index in [0.29, 0.717) is 17.9 Å². The molecule has 0 fully saturated rings. The van der Waals surface area contributed by atoms with Gasteiger partial charge in [-0.05, 0) is 19.1 Å². The molecular formula is C13H15N3O2S. The number of carbonyl (C=O) groups excluding carboxylic acids is 1. The van der Waals surface area contributed by atoms with Crippen molar-refractivity contribution in [1.82, 2.24) is 14.8 Å². The summed E-state index contributed by atoms with van der Waals surface area (Å²) >= 11 is 1.58. The quantitative estimate of drug-likeness (QED) is 0.460. The normalized spacial score (nSPS) is 10.4. The molecule has 2 aromatic rings. The Morgan fingerprint density at radius 1 is 1.37 bits per heavy atom. The van der Waals surface area contributed by atoms with Crippen LogP contribution in [-0.2, 0) is 7.05 Å². The van der Waals surface area contributed by atoms with Crippen LogP contribution in [0.25, 0.3) is 0 Å². The molecule has 0 unspecified atom stereocenters. The Labute approximate surface area is 116 Å². The number of aryl methyl sites for hydroxylation is 1. The van der Waals surface area contributed by atoms with Crippen LogP contribution in [-0.4, -0.2) is 33.4 Å². The summed E-state index contributed by atoms with van der Waals surface area (Å²) in [5.74, 6) is 2.25. The first-order valence-electron chi connectivity index (χ1n) is 5.88. The molecule has 1 aromatic heterocycles. The molecule has 0 radical (unpaired) electrons. The topological polar surface area (TPSA) is 57.0 Å².